The number of benzene rings is 1. The van der Waals surface area contributed by atoms with E-state index in [1.807, 2.05) is 0 Å². The minimum Gasteiger partial charge on any atom is -0.204 e. The van der Waals surface area contributed by atoms with Crippen molar-refractivity contribution in [2.75, 3.05) is 0 Å². The van der Waals surface area contributed by atoms with Gasteiger partial charge in [-0.1, -0.05) is 44.6 Å². The van der Waals surface area contributed by atoms with Crippen molar-refractivity contribution in [1.82, 2.24) is 0 Å². The first-order valence-electron chi connectivity index (χ1n) is 10.9. The number of hydrogen-bond donors (Lipinski definition) is 0. The summed E-state index contributed by atoms with van der Waals surface area (Å²) in [7, 11) is 0. The van der Waals surface area contributed by atoms with Crippen LogP contribution in [-0.4, -0.2) is 6.29 Å². The van der Waals surface area contributed by atoms with E-state index in [0.717, 1.165) is 42.6 Å². The third-order valence-corrected chi connectivity index (χ3v) is 7.25. The molecule has 27 heavy (non-hydrogen) atoms. The van der Waals surface area contributed by atoms with Gasteiger partial charge in [0.1, 0.15) is 0 Å². The Labute approximate surface area is 161 Å². The van der Waals surface area contributed by atoms with Gasteiger partial charge in [0, 0.05) is 6.42 Å². The molecule has 1 aromatic carbocycles. The van der Waals surface area contributed by atoms with Gasteiger partial charge in [-0.2, -0.15) is 9.78 Å². The summed E-state index contributed by atoms with van der Waals surface area (Å²) in [4.78, 5) is 9.68. The fourth-order valence-electron chi connectivity index (χ4n) is 5.34. The molecular formula is C23H32F2O2. The average Bonchev–Trinajstić information content (AvgIpc) is 3.53. The standard InChI is InChI=1S/C23H32F2O2/c24-21-13-12-20(15-22(21)25)19-10-7-18(8-11-19)6-3-16-1-4-17(5-2-16)9-14-23-26-27-23/h12-13,15-19,23H,1-11,14H2. The normalized spacial score (nSPS) is 31.8. The fourth-order valence-corrected chi connectivity index (χ4v) is 5.34. The Bertz CT molecular complexity index is 600. The Kier molecular flexibility index (Phi) is 6.44. The quantitative estimate of drug-likeness (QED) is 0.381. The van der Waals surface area contributed by atoms with Gasteiger partial charge in [0.2, 0.25) is 6.29 Å². The Morgan fingerprint density at radius 2 is 1.19 bits per heavy atom. The molecule has 1 saturated heterocycles. The van der Waals surface area contributed by atoms with Gasteiger partial charge in [-0.15, -0.1) is 0 Å². The molecule has 1 heterocycles. The van der Waals surface area contributed by atoms with Crippen molar-refractivity contribution >= 4 is 0 Å². The molecule has 2 aliphatic carbocycles. The summed E-state index contributed by atoms with van der Waals surface area (Å²) in [6, 6.07) is 4.45. The average molecular weight is 379 g/mol. The molecule has 0 bridgehead atoms. The molecule has 0 aromatic heterocycles. The Morgan fingerprint density at radius 3 is 1.70 bits per heavy atom. The zero-order valence-corrected chi connectivity index (χ0v) is 16.2. The highest BCUT2D eigenvalue weighted by atomic mass is 19.2. The van der Waals surface area contributed by atoms with E-state index in [2.05, 4.69) is 0 Å². The van der Waals surface area contributed by atoms with Crippen molar-refractivity contribution < 1.29 is 18.6 Å². The molecule has 1 aliphatic heterocycles. The van der Waals surface area contributed by atoms with Crippen molar-refractivity contribution in [2.45, 2.75) is 89.3 Å². The smallest absolute Gasteiger partial charge is 0.204 e. The maximum absolute atomic E-state index is 13.5. The second-order valence-electron chi connectivity index (χ2n) is 9.05. The van der Waals surface area contributed by atoms with Crippen LogP contribution in [0.3, 0.4) is 0 Å². The number of hydrogen-bond acceptors (Lipinski definition) is 2. The zero-order valence-electron chi connectivity index (χ0n) is 16.2. The molecular weight excluding hydrogens is 346 g/mol. The highest BCUT2D eigenvalue weighted by Gasteiger charge is 2.29. The lowest BCUT2D eigenvalue weighted by molar-refractivity contribution is 0.0850. The minimum absolute atomic E-state index is 0.101. The molecule has 0 unspecified atom stereocenters. The van der Waals surface area contributed by atoms with E-state index >= 15 is 0 Å². The summed E-state index contributed by atoms with van der Waals surface area (Å²) in [6.07, 6.45) is 15.4. The zero-order chi connectivity index (χ0) is 18.6. The molecule has 4 heteroatoms. The van der Waals surface area contributed by atoms with Crippen LogP contribution in [0.25, 0.3) is 0 Å². The predicted octanol–water partition coefficient (Wildman–Crippen LogP) is 6.89. The monoisotopic (exact) mass is 378 g/mol. The first-order valence-corrected chi connectivity index (χ1v) is 10.9. The van der Waals surface area contributed by atoms with Crippen LogP contribution in [0.2, 0.25) is 0 Å². The van der Waals surface area contributed by atoms with E-state index in [9.17, 15) is 8.78 Å². The van der Waals surface area contributed by atoms with E-state index < -0.39 is 11.6 Å². The summed E-state index contributed by atoms with van der Waals surface area (Å²) in [6.45, 7) is 0. The maximum atomic E-state index is 13.5. The van der Waals surface area contributed by atoms with Crippen LogP contribution < -0.4 is 0 Å². The molecule has 0 atom stereocenters. The second kappa shape index (κ2) is 9.00. The highest BCUT2D eigenvalue weighted by Crippen LogP contribution is 2.40. The summed E-state index contributed by atoms with van der Waals surface area (Å²) >= 11 is 0. The second-order valence-corrected chi connectivity index (χ2v) is 9.05. The predicted molar refractivity (Wildman–Crippen MR) is 101 cm³/mol. The molecule has 1 aromatic rings. The van der Waals surface area contributed by atoms with Crippen molar-refractivity contribution in [3.63, 3.8) is 0 Å². The highest BCUT2D eigenvalue weighted by molar-refractivity contribution is 5.22. The van der Waals surface area contributed by atoms with Gasteiger partial charge >= 0.3 is 0 Å². The van der Waals surface area contributed by atoms with Gasteiger partial charge in [0.15, 0.2) is 11.6 Å². The van der Waals surface area contributed by atoms with Crippen molar-refractivity contribution in [1.29, 1.82) is 0 Å². The molecule has 3 fully saturated rings. The number of halogens is 2. The summed E-state index contributed by atoms with van der Waals surface area (Å²) in [5.41, 5.74) is 0.979. The Balaban J connectivity index is 1.13. The van der Waals surface area contributed by atoms with E-state index in [0.29, 0.717) is 5.92 Å². The third kappa shape index (κ3) is 5.51. The lowest BCUT2D eigenvalue weighted by Crippen LogP contribution is -2.18. The van der Waals surface area contributed by atoms with E-state index in [1.54, 1.807) is 6.07 Å². The van der Waals surface area contributed by atoms with E-state index in [1.165, 1.54) is 69.9 Å². The van der Waals surface area contributed by atoms with Crippen molar-refractivity contribution in [2.24, 2.45) is 17.8 Å². The fraction of sp³-hybridized carbons (Fsp3) is 0.739. The first-order chi connectivity index (χ1) is 13.2. The summed E-state index contributed by atoms with van der Waals surface area (Å²) < 4.78 is 26.6. The molecule has 2 nitrogen and oxygen atoms in total. The molecule has 0 N–H and O–H groups in total. The van der Waals surface area contributed by atoms with E-state index in [-0.39, 0.29) is 6.29 Å². The SMILES string of the molecule is Fc1ccc(C2CCC(CCC3CCC(CCC4OO4)CC3)CC2)cc1F. The van der Waals surface area contributed by atoms with Gasteiger partial charge in [0.05, 0.1) is 0 Å². The topological polar surface area (TPSA) is 25.1 Å². The molecule has 150 valence electrons. The van der Waals surface area contributed by atoms with Gasteiger partial charge in [-0.05, 0) is 73.5 Å². The lowest BCUT2D eigenvalue weighted by atomic mass is 9.74. The largest absolute Gasteiger partial charge is 0.224 e. The van der Waals surface area contributed by atoms with Crippen LogP contribution in [0.15, 0.2) is 18.2 Å². The lowest BCUT2D eigenvalue weighted by Gasteiger charge is -2.32. The van der Waals surface area contributed by atoms with Gasteiger partial charge < -0.3 is 0 Å². The third-order valence-electron chi connectivity index (χ3n) is 7.25. The van der Waals surface area contributed by atoms with Crippen LogP contribution >= 0.6 is 0 Å². The molecule has 4 rings (SSSR count). The number of rotatable bonds is 7. The first kappa shape index (κ1) is 19.3. The van der Waals surface area contributed by atoms with E-state index in [4.69, 9.17) is 9.78 Å². The van der Waals surface area contributed by atoms with Crippen molar-refractivity contribution in [3.8, 4) is 0 Å². The van der Waals surface area contributed by atoms with Gasteiger partial charge in [-0.3, -0.25) is 0 Å². The van der Waals surface area contributed by atoms with Crippen LogP contribution in [0.4, 0.5) is 8.78 Å². The summed E-state index contributed by atoms with van der Waals surface area (Å²) in [5.74, 6) is 1.58. The van der Waals surface area contributed by atoms with Crippen LogP contribution in [0.1, 0.15) is 88.5 Å². The van der Waals surface area contributed by atoms with Gasteiger partial charge in [0.25, 0.3) is 0 Å². The van der Waals surface area contributed by atoms with Crippen LogP contribution in [0.5, 0.6) is 0 Å². The Hall–Kier alpha value is -1.00. The summed E-state index contributed by atoms with van der Waals surface area (Å²) in [5, 5.41) is 0. The maximum Gasteiger partial charge on any atom is 0.224 e. The molecule has 3 aliphatic rings. The minimum atomic E-state index is -0.739. The Morgan fingerprint density at radius 1 is 0.667 bits per heavy atom. The molecule has 2 saturated carbocycles. The van der Waals surface area contributed by atoms with Crippen LogP contribution in [0, 0.1) is 29.4 Å². The van der Waals surface area contributed by atoms with Gasteiger partial charge in [-0.25, -0.2) is 8.78 Å². The molecule has 0 spiro atoms. The van der Waals surface area contributed by atoms with Crippen molar-refractivity contribution in [3.05, 3.63) is 35.4 Å². The van der Waals surface area contributed by atoms with Crippen LogP contribution in [-0.2, 0) is 9.78 Å². The molecule has 0 radical (unpaired) electrons. The molecule has 0 amide bonds.